The standard InChI is InChI=1S/C31H44N2O4.C25H40N2O4.C19H25F3N2O4/c1-2-3-4-5-6-7-8-9-10-11-12-13-14-18-25-35-30-32-33(31(34)37-30)28-21-23-29(24-22-28)36-26-27-19-16-15-17-20-27;1-3-4-5-6-7-8-9-10-11-12-13-14-15-16-21-30-24-26-27(25(28)31-24)22-17-19-23(29-2)20-18-22;1-2-3-4-5-6-7-8-9-14-26-17-23-24(18(25)27-17)15-10-12-16(13-11-15)28-19(20,21)22/h15-17,19-24H,2-14,18,25-26H2,1H3;17-20H,3-16,21H2,1-2H3;10-13H,2-9,14H2,1H3. The molecule has 0 bridgehead atoms. The first-order valence-electron chi connectivity index (χ1n) is 35.9. The second kappa shape index (κ2) is 48.9. The maximum atomic E-state index is 12.2. The number of methoxy groups -OCH3 is 1. The van der Waals surface area contributed by atoms with E-state index in [1.807, 2.05) is 42.5 Å². The second-order valence-corrected chi connectivity index (χ2v) is 24.4. The van der Waals surface area contributed by atoms with Crippen LogP contribution in [0.15, 0.2) is 131 Å². The third-order valence-electron chi connectivity index (χ3n) is 16.2. The van der Waals surface area contributed by atoms with E-state index in [9.17, 15) is 27.6 Å². The molecule has 0 amide bonds. The van der Waals surface area contributed by atoms with Gasteiger partial charge >= 0.3 is 41.9 Å². The summed E-state index contributed by atoms with van der Waals surface area (Å²) in [4.78, 5) is 36.1. The molecule has 0 radical (unpaired) electrons. The molecular formula is C75H109F3N6O12. The Balaban J connectivity index is 0.000000263. The largest absolute Gasteiger partial charge is 0.573 e. The van der Waals surface area contributed by atoms with E-state index in [2.05, 4.69) is 40.8 Å². The molecule has 21 heteroatoms. The fourth-order valence-electron chi connectivity index (χ4n) is 10.7. The number of nitrogens with zero attached hydrogens (tertiary/aromatic N) is 6. The molecule has 0 saturated heterocycles. The second-order valence-electron chi connectivity index (χ2n) is 24.4. The average Bonchev–Trinajstić information content (AvgIpc) is 1.72. The van der Waals surface area contributed by atoms with Gasteiger partial charge < -0.3 is 41.7 Å². The zero-order chi connectivity index (χ0) is 68.5. The Morgan fingerprint density at radius 1 is 0.344 bits per heavy atom. The summed E-state index contributed by atoms with van der Waals surface area (Å²) in [6, 6.07) is 28.9. The van der Waals surface area contributed by atoms with Crippen molar-refractivity contribution in [2.75, 3.05) is 26.9 Å². The van der Waals surface area contributed by atoms with E-state index in [0.29, 0.717) is 37.8 Å². The quantitative estimate of drug-likeness (QED) is 0.0326. The number of unbranched alkanes of at least 4 members (excludes halogenated alkanes) is 33. The van der Waals surface area contributed by atoms with Crippen molar-refractivity contribution in [2.45, 2.75) is 265 Å². The molecular weight excluding hydrogens is 1230 g/mol. The molecule has 0 saturated carbocycles. The molecule has 0 atom stereocenters. The Kier molecular flexibility index (Phi) is 40.2. The highest BCUT2D eigenvalue weighted by molar-refractivity contribution is 5.38. The molecule has 0 N–H and O–H groups in total. The minimum Gasteiger partial charge on any atom is -0.497 e. The Hall–Kier alpha value is -7.71. The van der Waals surface area contributed by atoms with Crippen molar-refractivity contribution in [2.24, 2.45) is 0 Å². The first-order chi connectivity index (χ1) is 46.9. The Labute approximate surface area is 566 Å². The van der Waals surface area contributed by atoms with Crippen LogP contribution in [-0.2, 0) is 6.61 Å². The van der Waals surface area contributed by atoms with Crippen LogP contribution in [0.1, 0.15) is 257 Å². The van der Waals surface area contributed by atoms with E-state index in [-0.39, 0.29) is 29.7 Å². The van der Waals surface area contributed by atoms with Crippen molar-refractivity contribution in [3.63, 3.8) is 0 Å². The lowest BCUT2D eigenvalue weighted by Gasteiger charge is -2.08. The number of ether oxygens (including phenoxy) is 6. The molecule has 18 nitrogen and oxygen atoms in total. The molecule has 0 spiro atoms. The Morgan fingerprint density at radius 2 is 0.615 bits per heavy atom. The molecule has 3 heterocycles. The van der Waals surface area contributed by atoms with E-state index in [4.69, 9.17) is 36.9 Å². The molecule has 0 aliphatic carbocycles. The van der Waals surface area contributed by atoms with Gasteiger partial charge in [-0.1, -0.05) is 278 Å². The molecule has 96 heavy (non-hydrogen) atoms. The summed E-state index contributed by atoms with van der Waals surface area (Å²) in [7, 11) is 1.60. The van der Waals surface area contributed by atoms with Gasteiger partial charge in [0.15, 0.2) is 0 Å². The van der Waals surface area contributed by atoms with Crippen LogP contribution in [0.4, 0.5) is 13.2 Å². The maximum absolute atomic E-state index is 12.2. The Bertz CT molecular complexity index is 3210. The van der Waals surface area contributed by atoms with Crippen LogP contribution in [0.25, 0.3) is 17.1 Å². The predicted molar refractivity (Wildman–Crippen MR) is 370 cm³/mol. The van der Waals surface area contributed by atoms with Crippen LogP contribution in [-0.4, -0.2) is 62.6 Å². The summed E-state index contributed by atoms with van der Waals surface area (Å²) in [5.41, 5.74) is 2.55. The van der Waals surface area contributed by atoms with Gasteiger partial charge in [-0.25, -0.2) is 14.4 Å². The zero-order valence-electron chi connectivity index (χ0n) is 57.8. The average molecular weight is 1340 g/mol. The van der Waals surface area contributed by atoms with Gasteiger partial charge in [-0.3, -0.25) is 0 Å². The zero-order valence-corrected chi connectivity index (χ0v) is 57.8. The van der Waals surface area contributed by atoms with Crippen molar-refractivity contribution >= 4 is 0 Å². The van der Waals surface area contributed by atoms with Crippen molar-refractivity contribution in [3.8, 4) is 52.5 Å². The summed E-state index contributed by atoms with van der Waals surface area (Å²) in [5.74, 6) is -0.850. The van der Waals surface area contributed by atoms with Crippen LogP contribution in [0.3, 0.4) is 0 Å². The van der Waals surface area contributed by atoms with Crippen molar-refractivity contribution in [1.82, 2.24) is 29.3 Å². The molecule has 0 unspecified atom stereocenters. The lowest BCUT2D eigenvalue weighted by molar-refractivity contribution is -0.274. The van der Waals surface area contributed by atoms with Gasteiger partial charge in [0.1, 0.15) is 23.9 Å². The fourth-order valence-corrected chi connectivity index (χ4v) is 10.7. The summed E-state index contributed by atoms with van der Waals surface area (Å²) >= 11 is 0. The number of alkyl halides is 3. The normalized spacial score (nSPS) is 11.2. The number of rotatable bonds is 50. The third kappa shape index (κ3) is 34.3. The number of benzene rings is 4. The van der Waals surface area contributed by atoms with Gasteiger partial charge in [0.05, 0.1) is 44.0 Å². The van der Waals surface area contributed by atoms with E-state index in [1.165, 1.54) is 208 Å². The van der Waals surface area contributed by atoms with Gasteiger partial charge in [-0.2, -0.15) is 14.0 Å². The molecule has 0 fully saturated rings. The lowest BCUT2D eigenvalue weighted by atomic mass is 10.0. The highest BCUT2D eigenvalue weighted by Crippen LogP contribution is 2.25. The maximum Gasteiger partial charge on any atom is 0.573 e. The molecule has 532 valence electrons. The van der Waals surface area contributed by atoms with Gasteiger partial charge in [-0.05, 0) is 97.6 Å². The first-order valence-corrected chi connectivity index (χ1v) is 35.9. The van der Waals surface area contributed by atoms with Gasteiger partial charge in [0.2, 0.25) is 0 Å². The van der Waals surface area contributed by atoms with Crippen LogP contribution in [0, 0.1) is 0 Å². The van der Waals surface area contributed by atoms with E-state index < -0.39 is 23.6 Å². The SMILES string of the molecule is CCCCCCCCCCCCCCCCOc1nn(-c2ccc(OC)cc2)c(=O)o1.CCCCCCCCCCCCCCCCOc1nn(-c2ccc(OCc3ccccc3)cc2)c(=O)o1.CCCCCCCCCCOc1nn(-c2ccc(OC(F)(F)F)cc2)c(=O)o1. The first kappa shape index (κ1) is 79.0. The monoisotopic (exact) mass is 1340 g/mol. The molecule has 0 aliphatic rings. The van der Waals surface area contributed by atoms with Gasteiger partial charge in [0, 0.05) is 0 Å². The minimum atomic E-state index is -4.78. The van der Waals surface area contributed by atoms with Gasteiger partial charge in [-0.15, -0.1) is 13.2 Å². The minimum absolute atomic E-state index is 0.0177. The number of aromatic nitrogens is 6. The van der Waals surface area contributed by atoms with Gasteiger partial charge in [0.25, 0.3) is 0 Å². The van der Waals surface area contributed by atoms with E-state index >= 15 is 0 Å². The van der Waals surface area contributed by atoms with Crippen LogP contribution < -0.4 is 45.7 Å². The molecule has 7 aromatic rings. The highest BCUT2D eigenvalue weighted by atomic mass is 19.4. The highest BCUT2D eigenvalue weighted by Gasteiger charge is 2.31. The fraction of sp³-hybridized carbons (Fsp3) is 0.600. The predicted octanol–water partition coefficient (Wildman–Crippen LogP) is 20.2. The molecule has 0 aliphatic heterocycles. The molecule has 3 aromatic heterocycles. The number of hydrogen-bond donors (Lipinski definition) is 0. The summed E-state index contributed by atoms with van der Waals surface area (Å²) in [6.45, 7) is 8.62. The topological polar surface area (TPSA) is 199 Å². The van der Waals surface area contributed by atoms with Crippen molar-refractivity contribution < 1.29 is 54.8 Å². The Morgan fingerprint density at radius 3 is 0.896 bits per heavy atom. The number of halogens is 3. The lowest BCUT2D eigenvalue weighted by Crippen LogP contribution is -2.17. The molecule has 7 rings (SSSR count). The summed E-state index contributed by atoms with van der Waals surface area (Å²) in [6.07, 6.45) is 41.1. The number of hydrogen-bond acceptors (Lipinski definition) is 15. The third-order valence-corrected chi connectivity index (χ3v) is 16.2. The summed E-state index contributed by atoms with van der Waals surface area (Å²) < 4.78 is 86.2. The van der Waals surface area contributed by atoms with E-state index in [0.717, 1.165) is 78.8 Å². The van der Waals surface area contributed by atoms with E-state index in [1.54, 1.807) is 43.5 Å². The molecule has 4 aromatic carbocycles. The van der Waals surface area contributed by atoms with Crippen LogP contribution in [0.5, 0.6) is 35.5 Å². The van der Waals surface area contributed by atoms with Crippen LogP contribution >= 0.6 is 0 Å². The van der Waals surface area contributed by atoms with Crippen molar-refractivity contribution in [3.05, 3.63) is 140 Å². The van der Waals surface area contributed by atoms with Crippen LogP contribution in [0.2, 0.25) is 0 Å². The van der Waals surface area contributed by atoms with Crippen molar-refractivity contribution in [1.29, 1.82) is 0 Å². The smallest absolute Gasteiger partial charge is 0.497 e. The summed E-state index contributed by atoms with van der Waals surface area (Å²) in [5, 5.41) is 12.2.